The predicted molar refractivity (Wildman–Crippen MR) is 95.7 cm³/mol. The van der Waals surface area contributed by atoms with Crippen molar-refractivity contribution in [2.24, 2.45) is 5.92 Å². The smallest absolute Gasteiger partial charge is 0.269 e. The molecule has 2 N–H and O–H groups in total. The van der Waals surface area contributed by atoms with Crippen LogP contribution in [0.4, 0.5) is 0 Å². The highest BCUT2D eigenvalue weighted by Crippen LogP contribution is 2.13. The van der Waals surface area contributed by atoms with E-state index in [0.717, 1.165) is 4.88 Å². The Hall–Kier alpha value is -2.60. The summed E-state index contributed by atoms with van der Waals surface area (Å²) in [5.41, 5.74) is 5.16. The first-order valence-electron chi connectivity index (χ1n) is 7.59. The maximum Gasteiger partial charge on any atom is 0.269 e. The van der Waals surface area contributed by atoms with Crippen LogP contribution in [0.2, 0.25) is 0 Å². The molecule has 1 heterocycles. The lowest BCUT2D eigenvalue weighted by atomic mass is 10.2. The average Bonchev–Trinajstić information content (AvgIpc) is 3.10. The molecule has 0 bridgehead atoms. The van der Waals surface area contributed by atoms with Crippen LogP contribution in [0.25, 0.3) is 6.08 Å². The van der Waals surface area contributed by atoms with E-state index in [1.54, 1.807) is 30.3 Å². The minimum atomic E-state index is -0.395. The molecule has 126 valence electrons. The molecule has 0 saturated heterocycles. The number of thiophene rings is 1. The number of hydrazine groups is 1. The fourth-order valence-corrected chi connectivity index (χ4v) is 2.36. The summed E-state index contributed by atoms with van der Waals surface area (Å²) in [7, 11) is 0. The van der Waals surface area contributed by atoms with Gasteiger partial charge in [0.1, 0.15) is 5.75 Å². The van der Waals surface area contributed by atoms with E-state index in [1.165, 1.54) is 17.4 Å². The number of rotatable bonds is 6. The van der Waals surface area contributed by atoms with Crippen LogP contribution in [0.15, 0.2) is 47.9 Å². The molecular weight excluding hydrogens is 324 g/mol. The Morgan fingerprint density at radius 3 is 2.54 bits per heavy atom. The Morgan fingerprint density at radius 1 is 1.17 bits per heavy atom. The van der Waals surface area contributed by atoms with Crippen molar-refractivity contribution in [1.82, 2.24) is 10.9 Å². The van der Waals surface area contributed by atoms with Crippen molar-refractivity contribution in [2.45, 2.75) is 13.8 Å². The van der Waals surface area contributed by atoms with Crippen molar-refractivity contribution >= 4 is 29.2 Å². The molecular formula is C18H20N2O3S. The van der Waals surface area contributed by atoms with Gasteiger partial charge in [-0.3, -0.25) is 20.4 Å². The van der Waals surface area contributed by atoms with Gasteiger partial charge in [-0.05, 0) is 47.7 Å². The molecule has 0 aliphatic rings. The largest absolute Gasteiger partial charge is 0.493 e. The molecule has 2 aromatic rings. The quantitative estimate of drug-likeness (QED) is 0.624. The summed E-state index contributed by atoms with van der Waals surface area (Å²) in [6.45, 7) is 4.76. The van der Waals surface area contributed by atoms with Gasteiger partial charge in [-0.15, -0.1) is 11.3 Å². The SMILES string of the molecule is CC(C)COc1ccc(C(=O)NNC(=O)/C=C/c2cccs2)cc1. The van der Waals surface area contributed by atoms with Crippen molar-refractivity contribution in [1.29, 1.82) is 0 Å². The summed E-state index contributed by atoms with van der Waals surface area (Å²) in [5.74, 6) is 0.366. The molecule has 6 heteroatoms. The van der Waals surface area contributed by atoms with Gasteiger partial charge in [-0.1, -0.05) is 19.9 Å². The van der Waals surface area contributed by atoms with Crippen LogP contribution in [0.5, 0.6) is 5.75 Å². The van der Waals surface area contributed by atoms with E-state index in [0.29, 0.717) is 23.8 Å². The van der Waals surface area contributed by atoms with Gasteiger partial charge in [0.05, 0.1) is 6.61 Å². The first kappa shape index (κ1) is 17.7. The first-order valence-corrected chi connectivity index (χ1v) is 8.47. The highest BCUT2D eigenvalue weighted by atomic mass is 32.1. The zero-order valence-corrected chi connectivity index (χ0v) is 14.4. The van der Waals surface area contributed by atoms with Crippen molar-refractivity contribution < 1.29 is 14.3 Å². The Balaban J connectivity index is 1.80. The third-order valence-electron chi connectivity index (χ3n) is 2.94. The zero-order chi connectivity index (χ0) is 17.4. The molecule has 5 nitrogen and oxygen atoms in total. The van der Waals surface area contributed by atoms with E-state index in [9.17, 15) is 9.59 Å². The van der Waals surface area contributed by atoms with E-state index in [1.807, 2.05) is 17.5 Å². The van der Waals surface area contributed by atoms with Crippen molar-refractivity contribution in [3.05, 3.63) is 58.3 Å². The summed E-state index contributed by atoms with van der Waals surface area (Å²) in [4.78, 5) is 24.6. The number of amides is 2. The molecule has 0 aliphatic carbocycles. The van der Waals surface area contributed by atoms with Crippen LogP contribution in [0, 0.1) is 5.92 Å². The molecule has 0 radical (unpaired) electrons. The number of hydrogen-bond acceptors (Lipinski definition) is 4. The Bertz CT molecular complexity index is 692. The van der Waals surface area contributed by atoms with Crippen LogP contribution in [-0.4, -0.2) is 18.4 Å². The number of carbonyl (C=O) groups excluding carboxylic acids is 2. The molecule has 0 aliphatic heterocycles. The van der Waals surface area contributed by atoms with E-state index in [-0.39, 0.29) is 5.91 Å². The van der Waals surface area contributed by atoms with E-state index in [4.69, 9.17) is 4.74 Å². The molecule has 0 unspecified atom stereocenters. The number of hydrogen-bond donors (Lipinski definition) is 2. The minimum absolute atomic E-state index is 0.386. The Kier molecular flexibility index (Phi) is 6.57. The van der Waals surface area contributed by atoms with E-state index >= 15 is 0 Å². The maximum absolute atomic E-state index is 12.0. The summed E-state index contributed by atoms with van der Waals surface area (Å²) < 4.78 is 5.56. The molecule has 0 spiro atoms. The van der Waals surface area contributed by atoms with Crippen LogP contribution in [0.1, 0.15) is 29.1 Å². The Labute approximate surface area is 145 Å². The topological polar surface area (TPSA) is 67.4 Å². The predicted octanol–water partition coefficient (Wildman–Crippen LogP) is 3.26. The molecule has 1 aromatic carbocycles. The molecule has 0 fully saturated rings. The summed E-state index contributed by atoms with van der Waals surface area (Å²) >= 11 is 1.53. The highest BCUT2D eigenvalue weighted by Gasteiger charge is 2.06. The third kappa shape index (κ3) is 5.89. The fourth-order valence-electron chi connectivity index (χ4n) is 1.74. The monoisotopic (exact) mass is 344 g/mol. The van der Waals surface area contributed by atoms with Gasteiger partial charge in [0.25, 0.3) is 11.8 Å². The number of ether oxygens (including phenoxy) is 1. The molecule has 0 saturated carbocycles. The fraction of sp³-hybridized carbons (Fsp3) is 0.222. The normalized spacial score (nSPS) is 10.8. The number of benzene rings is 1. The average molecular weight is 344 g/mol. The molecule has 2 rings (SSSR count). The maximum atomic E-state index is 12.0. The number of nitrogens with one attached hydrogen (secondary N) is 2. The van der Waals surface area contributed by atoms with Gasteiger partial charge >= 0.3 is 0 Å². The van der Waals surface area contributed by atoms with Crippen LogP contribution >= 0.6 is 11.3 Å². The third-order valence-corrected chi connectivity index (χ3v) is 3.78. The van der Waals surface area contributed by atoms with E-state index < -0.39 is 5.91 Å². The van der Waals surface area contributed by atoms with Gasteiger partial charge < -0.3 is 4.74 Å². The second kappa shape index (κ2) is 8.88. The van der Waals surface area contributed by atoms with Crippen LogP contribution in [-0.2, 0) is 4.79 Å². The van der Waals surface area contributed by atoms with Gasteiger partial charge in [0, 0.05) is 16.5 Å². The molecule has 0 atom stereocenters. The standard InChI is InChI=1S/C18H20N2O3S/c1-13(2)12-23-15-7-5-14(6-8-15)18(22)20-19-17(21)10-9-16-4-3-11-24-16/h3-11,13H,12H2,1-2H3,(H,19,21)(H,20,22)/b10-9+. The van der Waals surface area contributed by atoms with Gasteiger partial charge in [0.15, 0.2) is 0 Å². The Morgan fingerprint density at radius 2 is 1.92 bits per heavy atom. The van der Waals surface area contributed by atoms with E-state index in [2.05, 4.69) is 24.7 Å². The van der Waals surface area contributed by atoms with Crippen molar-refractivity contribution in [3.63, 3.8) is 0 Å². The van der Waals surface area contributed by atoms with Crippen molar-refractivity contribution in [2.75, 3.05) is 6.61 Å². The second-order valence-electron chi connectivity index (χ2n) is 5.52. The van der Waals surface area contributed by atoms with Crippen LogP contribution in [0.3, 0.4) is 0 Å². The highest BCUT2D eigenvalue weighted by molar-refractivity contribution is 7.10. The summed E-state index contributed by atoms with van der Waals surface area (Å²) in [6.07, 6.45) is 3.06. The zero-order valence-electron chi connectivity index (χ0n) is 13.6. The van der Waals surface area contributed by atoms with Crippen molar-refractivity contribution in [3.8, 4) is 5.75 Å². The second-order valence-corrected chi connectivity index (χ2v) is 6.50. The minimum Gasteiger partial charge on any atom is -0.493 e. The number of carbonyl (C=O) groups is 2. The summed E-state index contributed by atoms with van der Waals surface area (Å²) in [6, 6.07) is 10.6. The summed E-state index contributed by atoms with van der Waals surface area (Å²) in [5, 5.41) is 1.92. The lowest BCUT2D eigenvalue weighted by molar-refractivity contribution is -0.117. The molecule has 2 amide bonds. The lowest BCUT2D eigenvalue weighted by Crippen LogP contribution is -2.40. The van der Waals surface area contributed by atoms with Crippen LogP contribution < -0.4 is 15.6 Å². The lowest BCUT2D eigenvalue weighted by Gasteiger charge is -2.09. The molecule has 24 heavy (non-hydrogen) atoms. The molecule has 1 aromatic heterocycles. The van der Waals surface area contributed by atoms with Gasteiger partial charge in [-0.2, -0.15) is 0 Å². The van der Waals surface area contributed by atoms with Gasteiger partial charge in [-0.25, -0.2) is 0 Å². The first-order chi connectivity index (χ1) is 11.5. The van der Waals surface area contributed by atoms with Gasteiger partial charge in [0.2, 0.25) is 0 Å².